The van der Waals surface area contributed by atoms with Gasteiger partial charge in [0.15, 0.2) is 0 Å². The highest BCUT2D eigenvalue weighted by atomic mass is 16.6. The number of carbonyl (C=O) groups is 1. The highest BCUT2D eigenvalue weighted by molar-refractivity contribution is 5.78. The van der Waals surface area contributed by atoms with Crippen LogP contribution < -0.4 is 16.7 Å². The van der Waals surface area contributed by atoms with Crippen LogP contribution in [0.5, 0.6) is 0 Å². The second-order valence-corrected chi connectivity index (χ2v) is 5.72. The van der Waals surface area contributed by atoms with Crippen LogP contribution in [0.25, 0.3) is 10.9 Å². The smallest absolute Gasteiger partial charge is 0.419 e. The zero-order valence-electron chi connectivity index (χ0n) is 13.0. The van der Waals surface area contributed by atoms with Gasteiger partial charge in [-0.2, -0.15) is 0 Å². The summed E-state index contributed by atoms with van der Waals surface area (Å²) in [6, 6.07) is 4.73. The topological polar surface area (TPSA) is 101 Å². The maximum absolute atomic E-state index is 11.6. The van der Waals surface area contributed by atoms with Crippen molar-refractivity contribution in [3.05, 3.63) is 44.7 Å². The predicted molar refractivity (Wildman–Crippen MR) is 84.2 cm³/mol. The van der Waals surface area contributed by atoms with Crippen LogP contribution in [0, 0.1) is 11.8 Å². The van der Waals surface area contributed by atoms with Gasteiger partial charge < -0.3 is 14.5 Å². The Morgan fingerprint density at radius 2 is 2.09 bits per heavy atom. The van der Waals surface area contributed by atoms with E-state index in [1.807, 2.05) is 0 Å². The van der Waals surface area contributed by atoms with E-state index in [0.717, 1.165) is 0 Å². The number of hydrogen-bond acceptors (Lipinski definition) is 5. The molecule has 2 N–H and O–H groups in total. The first-order chi connectivity index (χ1) is 10.7. The van der Waals surface area contributed by atoms with E-state index in [-0.39, 0.29) is 11.9 Å². The summed E-state index contributed by atoms with van der Waals surface area (Å²) in [4.78, 5) is 36.5. The Labute approximate surface area is 131 Å². The zero-order chi connectivity index (χ0) is 17.0. The highest BCUT2D eigenvalue weighted by Gasteiger charge is 2.15. The predicted octanol–water partition coefficient (Wildman–Crippen LogP) is 1.36. The van der Waals surface area contributed by atoms with Crippen molar-refractivity contribution in [1.29, 1.82) is 0 Å². The van der Waals surface area contributed by atoms with Crippen molar-refractivity contribution in [1.82, 2.24) is 10.3 Å². The minimum Gasteiger partial charge on any atom is -0.444 e. The number of aromatic nitrogens is 1. The van der Waals surface area contributed by atoms with Crippen LogP contribution in [0.1, 0.15) is 26.3 Å². The van der Waals surface area contributed by atoms with Gasteiger partial charge in [0.05, 0.1) is 17.4 Å². The van der Waals surface area contributed by atoms with Crippen molar-refractivity contribution in [2.75, 3.05) is 6.54 Å². The molecule has 0 atom stereocenters. The van der Waals surface area contributed by atoms with Crippen LogP contribution in [0.15, 0.2) is 32.2 Å². The van der Waals surface area contributed by atoms with Gasteiger partial charge in [-0.1, -0.05) is 11.8 Å². The summed E-state index contributed by atoms with van der Waals surface area (Å²) in [7, 11) is 0. The second-order valence-electron chi connectivity index (χ2n) is 5.72. The van der Waals surface area contributed by atoms with Crippen LogP contribution in [-0.2, 0) is 4.74 Å². The Morgan fingerprint density at radius 3 is 2.78 bits per heavy atom. The third kappa shape index (κ3) is 4.74. The molecule has 0 spiro atoms. The molecule has 0 fully saturated rings. The van der Waals surface area contributed by atoms with E-state index in [1.165, 1.54) is 6.07 Å². The van der Waals surface area contributed by atoms with E-state index in [1.54, 1.807) is 32.9 Å². The summed E-state index contributed by atoms with van der Waals surface area (Å²) >= 11 is 0. The molecule has 23 heavy (non-hydrogen) atoms. The van der Waals surface area contributed by atoms with Crippen molar-refractivity contribution in [3.63, 3.8) is 0 Å². The molecule has 2 aromatic rings. The summed E-state index contributed by atoms with van der Waals surface area (Å²) in [5.74, 6) is 4.75. The lowest BCUT2D eigenvalue weighted by molar-refractivity contribution is 0.0535. The number of H-pyrrole nitrogens is 1. The Balaban J connectivity index is 2.07. The van der Waals surface area contributed by atoms with E-state index in [4.69, 9.17) is 4.74 Å². The minimum absolute atomic E-state index is 0.104. The van der Waals surface area contributed by atoms with Gasteiger partial charge in [0.1, 0.15) is 5.60 Å². The number of carbonyl (C=O) groups excluding carboxylic acids is 1. The van der Waals surface area contributed by atoms with Crippen LogP contribution in [0.4, 0.5) is 4.79 Å². The van der Waals surface area contributed by atoms with Gasteiger partial charge in [-0.25, -0.2) is 14.4 Å². The van der Waals surface area contributed by atoms with Gasteiger partial charge in [-0.15, -0.1) is 0 Å². The molecule has 1 aromatic carbocycles. The maximum Gasteiger partial charge on any atom is 0.419 e. The standard InChI is InChI=1S/C16H16N2O5/c1-16(2,3)23-14(20)17-8-4-5-10-6-7-12-11(9-10)13(19)22-15(21)18-12/h6-7,9H,8H2,1-3H3,(H,17,20)(H,18,21). The molecule has 0 radical (unpaired) electrons. The van der Waals surface area contributed by atoms with Gasteiger partial charge >= 0.3 is 17.5 Å². The number of nitrogens with one attached hydrogen (secondary N) is 2. The van der Waals surface area contributed by atoms with Gasteiger partial charge in [-0.3, -0.25) is 4.98 Å². The Hall–Kier alpha value is -3.01. The molecular weight excluding hydrogens is 300 g/mol. The zero-order valence-corrected chi connectivity index (χ0v) is 13.0. The molecule has 0 saturated heterocycles. The summed E-state index contributed by atoms with van der Waals surface area (Å²) < 4.78 is 9.53. The lowest BCUT2D eigenvalue weighted by atomic mass is 10.1. The monoisotopic (exact) mass is 316 g/mol. The molecular formula is C16H16N2O5. The van der Waals surface area contributed by atoms with Crippen molar-refractivity contribution in [2.24, 2.45) is 0 Å². The van der Waals surface area contributed by atoms with E-state index in [2.05, 4.69) is 26.6 Å². The average molecular weight is 316 g/mol. The van der Waals surface area contributed by atoms with Crippen molar-refractivity contribution in [3.8, 4) is 11.8 Å². The molecule has 120 valence electrons. The van der Waals surface area contributed by atoms with Crippen LogP contribution >= 0.6 is 0 Å². The highest BCUT2D eigenvalue weighted by Crippen LogP contribution is 2.08. The first-order valence-electron chi connectivity index (χ1n) is 6.87. The summed E-state index contributed by atoms with van der Waals surface area (Å²) in [6.45, 7) is 5.41. The largest absolute Gasteiger partial charge is 0.444 e. The molecule has 1 aromatic heterocycles. The van der Waals surface area contributed by atoms with E-state index in [9.17, 15) is 14.4 Å². The van der Waals surface area contributed by atoms with Crippen LogP contribution in [0.3, 0.4) is 0 Å². The quantitative estimate of drug-likeness (QED) is 0.774. The molecule has 0 bridgehead atoms. The first-order valence-corrected chi connectivity index (χ1v) is 6.87. The molecule has 2 rings (SSSR count). The van der Waals surface area contributed by atoms with Crippen molar-refractivity contribution in [2.45, 2.75) is 26.4 Å². The summed E-state index contributed by atoms with van der Waals surface area (Å²) in [5.41, 5.74) is -0.355. The number of hydrogen-bond donors (Lipinski definition) is 2. The van der Waals surface area contributed by atoms with Gasteiger partial charge in [0.2, 0.25) is 0 Å². The van der Waals surface area contributed by atoms with E-state index >= 15 is 0 Å². The lowest BCUT2D eigenvalue weighted by Crippen LogP contribution is -2.32. The summed E-state index contributed by atoms with van der Waals surface area (Å²) in [5, 5.41) is 2.74. The number of fused-ring (bicyclic) bond motifs is 1. The summed E-state index contributed by atoms with van der Waals surface area (Å²) in [6.07, 6.45) is -0.552. The third-order valence-electron chi connectivity index (χ3n) is 2.61. The fourth-order valence-corrected chi connectivity index (χ4v) is 1.75. The van der Waals surface area contributed by atoms with E-state index in [0.29, 0.717) is 11.1 Å². The molecule has 0 aliphatic carbocycles. The molecule has 0 aliphatic heterocycles. The van der Waals surface area contributed by atoms with Crippen molar-refractivity contribution < 1.29 is 13.9 Å². The number of ether oxygens (including phenoxy) is 1. The van der Waals surface area contributed by atoms with Crippen molar-refractivity contribution >= 4 is 17.0 Å². The fraction of sp³-hybridized carbons (Fsp3) is 0.312. The number of rotatable bonds is 1. The third-order valence-corrected chi connectivity index (χ3v) is 2.61. The van der Waals surface area contributed by atoms with Crippen LogP contribution in [0.2, 0.25) is 0 Å². The Kier molecular flexibility index (Phi) is 4.55. The molecule has 7 nitrogen and oxygen atoms in total. The van der Waals surface area contributed by atoms with E-state index < -0.39 is 23.1 Å². The van der Waals surface area contributed by atoms with Gasteiger partial charge in [0.25, 0.3) is 0 Å². The second kappa shape index (κ2) is 6.40. The number of amides is 1. The Bertz CT molecular complexity index is 906. The fourth-order valence-electron chi connectivity index (χ4n) is 1.75. The molecule has 7 heteroatoms. The average Bonchev–Trinajstić information content (AvgIpc) is 2.42. The maximum atomic E-state index is 11.6. The molecule has 0 aliphatic rings. The number of benzene rings is 1. The minimum atomic E-state index is -0.803. The van der Waals surface area contributed by atoms with Crippen LogP contribution in [-0.4, -0.2) is 23.2 Å². The molecule has 1 amide bonds. The number of alkyl carbamates (subject to hydrolysis) is 1. The first kappa shape index (κ1) is 16.4. The lowest BCUT2D eigenvalue weighted by Gasteiger charge is -2.18. The molecule has 0 saturated carbocycles. The molecule has 0 unspecified atom stereocenters. The Morgan fingerprint density at radius 1 is 1.35 bits per heavy atom. The van der Waals surface area contributed by atoms with Gasteiger partial charge in [-0.05, 0) is 39.0 Å². The van der Waals surface area contributed by atoms with Gasteiger partial charge in [0, 0.05) is 5.56 Å². The number of aromatic amines is 1. The molecule has 1 heterocycles. The SMILES string of the molecule is CC(C)(C)OC(=O)NCC#Cc1ccc2[nH]c(=O)oc(=O)c2c1. The normalized spacial score (nSPS) is 10.7.